The Balaban J connectivity index is 1.62. The number of unbranched alkanes of at least 4 members (excludes halogenated alkanes) is 3. The number of H-pyrrole nitrogens is 1. The van der Waals surface area contributed by atoms with Gasteiger partial charge >= 0.3 is 23.9 Å². The molecule has 0 amide bonds. The van der Waals surface area contributed by atoms with Gasteiger partial charge in [0.1, 0.15) is 29.5 Å². The van der Waals surface area contributed by atoms with Gasteiger partial charge in [-0.05, 0) is 17.2 Å². The van der Waals surface area contributed by atoms with Crippen LogP contribution in [0.1, 0.15) is 31.9 Å². The number of ether oxygens (including phenoxy) is 1. The minimum absolute atomic E-state index is 0.0592. The molecule has 0 aromatic carbocycles. The minimum atomic E-state index is -5.44. The zero-order chi connectivity index (χ0) is 30.4. The van der Waals surface area contributed by atoms with Crippen LogP contribution in [0.2, 0.25) is 0 Å². The largest absolute Gasteiger partial charge is 0.705 e. The van der Waals surface area contributed by atoms with E-state index in [1.807, 2.05) is 0 Å². The molecule has 41 heavy (non-hydrogen) atoms. The molecule has 2 aromatic heterocycles. The van der Waals surface area contributed by atoms with Gasteiger partial charge in [0.25, 0.3) is 0 Å². The van der Waals surface area contributed by atoms with Crippen LogP contribution in [0.3, 0.4) is 0 Å². The molecule has 0 saturated carbocycles. The summed E-state index contributed by atoms with van der Waals surface area (Å²) in [7, 11) is -14.4. The number of phosphoric ester groups is 1. The molecule has 11 N–H and O–H groups in total. The molecule has 0 spiro atoms. The van der Waals surface area contributed by atoms with Gasteiger partial charge in [-0.3, -0.25) is 19.0 Å². The van der Waals surface area contributed by atoms with Crippen molar-refractivity contribution < 1.29 is 56.5 Å². The highest BCUT2D eigenvalue weighted by Crippen LogP contribution is 2.63. The Kier molecular flexibility index (Phi) is 11.8. The van der Waals surface area contributed by atoms with Gasteiger partial charge in [0.15, 0.2) is 16.8 Å². The third kappa shape index (κ3) is 9.79. The minimum Gasteiger partial charge on any atom is -0.387 e. The second-order valence-corrected chi connectivity index (χ2v) is 12.9. The fourth-order valence-corrected chi connectivity index (χ4v) is 6.64. The number of fused-ring (bicyclic) bond motifs is 1. The molecule has 0 bridgehead atoms. The van der Waals surface area contributed by atoms with Crippen molar-refractivity contribution in [3.63, 3.8) is 0 Å². The van der Waals surface area contributed by atoms with E-state index >= 15 is 0 Å². The Morgan fingerprint density at radius 3 is 2.61 bits per heavy atom. The standard InChI is InChI=1S/C17H29N8O12P3S/c18-16(19)20-5-3-1-2-4-6-21-17-23-13-10(14(41)24-17)22-8-25(13)15-12(27)11(26)9(35-15)7-34-39(30,31)37-40(32,33)36-38(28)29/h8-9,11-12,15,26-27H,1-7H2,(H8-,18,19,20,21,23,24,28,29,30,31,32,33,41)/p+1/t9-,11+,12?,15?/m1/s1. The van der Waals surface area contributed by atoms with Crippen molar-refractivity contribution >= 4 is 59.2 Å². The van der Waals surface area contributed by atoms with Gasteiger partial charge in [-0.2, -0.15) is 4.31 Å². The van der Waals surface area contributed by atoms with Gasteiger partial charge in [0.05, 0.1) is 12.9 Å². The molecule has 3 rings (SSSR count). The number of imidazole rings is 1. The number of guanidine groups is 1. The Bertz CT molecular complexity index is 1400. The summed E-state index contributed by atoms with van der Waals surface area (Å²) < 4.78 is 53.2. The molecule has 1 aliphatic heterocycles. The Morgan fingerprint density at radius 2 is 1.93 bits per heavy atom. The fourth-order valence-electron chi connectivity index (χ4n) is 3.74. The number of aromatic amines is 1. The molecule has 0 aliphatic carbocycles. The molecule has 20 nitrogen and oxygen atoms in total. The lowest BCUT2D eigenvalue weighted by atomic mass is 10.1. The van der Waals surface area contributed by atoms with Gasteiger partial charge in [0, 0.05) is 17.7 Å². The van der Waals surface area contributed by atoms with Crippen LogP contribution in [0.4, 0.5) is 5.95 Å². The summed E-state index contributed by atoms with van der Waals surface area (Å²) in [5, 5.41) is 24.1. The monoisotopic (exact) mass is 663 g/mol. The molecule has 0 radical (unpaired) electrons. The number of rotatable bonds is 16. The average Bonchev–Trinajstić information content (AvgIpc) is 3.39. The zero-order valence-electron chi connectivity index (χ0n) is 21.1. The number of nitrogens with two attached hydrogens (primary N) is 2. The molecule has 5 unspecified atom stereocenters. The van der Waals surface area contributed by atoms with Crippen molar-refractivity contribution in [2.45, 2.75) is 50.2 Å². The molecule has 1 aliphatic rings. The number of aliphatic hydroxyl groups is 2. The van der Waals surface area contributed by atoms with Crippen LogP contribution in [0.5, 0.6) is 0 Å². The maximum absolute atomic E-state index is 12.0. The fraction of sp³-hybridized carbons (Fsp3) is 0.647. The van der Waals surface area contributed by atoms with Gasteiger partial charge in [-0.1, -0.05) is 25.1 Å². The van der Waals surface area contributed by atoms with Gasteiger partial charge in [-0.25, -0.2) is 19.1 Å². The van der Waals surface area contributed by atoms with Crippen molar-refractivity contribution in [3.8, 4) is 0 Å². The molecule has 1 fully saturated rings. The number of aliphatic hydroxyl groups excluding tert-OH is 2. The predicted octanol–water partition coefficient (Wildman–Crippen LogP) is 0.254. The summed E-state index contributed by atoms with van der Waals surface area (Å²) in [6.45, 7) is 0.213. The number of hydrogen-bond acceptors (Lipinski definition) is 14. The van der Waals surface area contributed by atoms with Crippen molar-refractivity contribution in [2.75, 3.05) is 25.0 Å². The van der Waals surface area contributed by atoms with E-state index in [2.05, 4.69) is 38.4 Å². The number of aliphatic imine (C=N–C) groups is 1. The summed E-state index contributed by atoms with van der Waals surface area (Å²) in [6, 6.07) is 0. The van der Waals surface area contributed by atoms with Crippen LogP contribution < -0.4 is 16.8 Å². The lowest BCUT2D eigenvalue weighted by Crippen LogP contribution is -2.33. The molecule has 7 atom stereocenters. The van der Waals surface area contributed by atoms with E-state index < -0.39 is 55.0 Å². The molecule has 24 heteroatoms. The lowest BCUT2D eigenvalue weighted by Gasteiger charge is -2.18. The van der Waals surface area contributed by atoms with Crippen molar-refractivity contribution in [2.24, 2.45) is 16.5 Å². The summed E-state index contributed by atoms with van der Waals surface area (Å²) in [6.07, 6.45) is -1.19. The van der Waals surface area contributed by atoms with Crippen LogP contribution in [0.25, 0.3) is 11.2 Å². The molecule has 230 valence electrons. The van der Waals surface area contributed by atoms with Crippen LogP contribution in [-0.4, -0.2) is 88.4 Å². The van der Waals surface area contributed by atoms with Gasteiger partial charge < -0.3 is 41.6 Å². The summed E-state index contributed by atoms with van der Waals surface area (Å²) in [5.41, 5.74) is 11.1. The van der Waals surface area contributed by atoms with E-state index in [1.165, 1.54) is 10.9 Å². The Labute approximate surface area is 237 Å². The maximum atomic E-state index is 12.0. The van der Waals surface area contributed by atoms with Crippen LogP contribution in [-0.2, 0) is 31.6 Å². The van der Waals surface area contributed by atoms with E-state index in [0.717, 1.165) is 25.7 Å². The Hall–Kier alpha value is -1.96. The number of phosphoric acid groups is 2. The first-order valence-electron chi connectivity index (χ1n) is 11.8. The van der Waals surface area contributed by atoms with E-state index in [4.69, 9.17) is 33.3 Å². The molecule has 2 aromatic rings. The number of aromatic nitrogens is 4. The topological polar surface area (TPSA) is 312 Å². The predicted molar refractivity (Wildman–Crippen MR) is 144 cm³/mol. The van der Waals surface area contributed by atoms with Crippen LogP contribution in [0.15, 0.2) is 11.3 Å². The van der Waals surface area contributed by atoms with Gasteiger partial charge in [0.2, 0.25) is 5.95 Å². The molecule has 3 heterocycles. The first kappa shape index (κ1) is 33.5. The third-order valence-electron chi connectivity index (χ3n) is 5.51. The second kappa shape index (κ2) is 14.5. The van der Waals surface area contributed by atoms with E-state index in [0.29, 0.717) is 19.0 Å². The highest BCUT2D eigenvalue weighted by molar-refractivity contribution is 7.71. The quantitative estimate of drug-likeness (QED) is 0.0382. The Morgan fingerprint density at radius 1 is 1.22 bits per heavy atom. The number of hydrogen-bond donors (Lipinski definition) is 9. The van der Waals surface area contributed by atoms with Crippen LogP contribution in [0, 0.1) is 4.64 Å². The highest BCUT2D eigenvalue weighted by Gasteiger charge is 2.47. The van der Waals surface area contributed by atoms with E-state index in [1.54, 1.807) is 0 Å². The summed E-state index contributed by atoms with van der Waals surface area (Å²) in [5.74, 6) is 0.375. The molecule has 1 saturated heterocycles. The van der Waals surface area contributed by atoms with Gasteiger partial charge in [-0.15, -0.1) is 4.89 Å². The zero-order valence-corrected chi connectivity index (χ0v) is 24.6. The summed E-state index contributed by atoms with van der Waals surface area (Å²) >= 11 is 5.31. The third-order valence-corrected chi connectivity index (χ3v) is 9.31. The number of nitrogens with zero attached hydrogens (tertiary/aromatic N) is 4. The smallest absolute Gasteiger partial charge is 0.387 e. The first-order valence-corrected chi connectivity index (χ1v) is 16.4. The SMILES string of the molecule is NC(N)=NCCCCCCNc1nc(=S)c2ncn(C3O[C@H](COP(=O)(O)OP(=O)(O)O[P+](=O)O)[C@H](O)C3O)c2[nH]1. The average molecular weight is 663 g/mol. The maximum Gasteiger partial charge on any atom is 0.705 e. The normalized spacial score (nSPS) is 24.1. The number of nitrogens with one attached hydrogen (secondary N) is 2. The van der Waals surface area contributed by atoms with Crippen molar-refractivity contribution in [1.29, 1.82) is 0 Å². The molecular formula is C17H30N8O12P3S+. The summed E-state index contributed by atoms with van der Waals surface area (Å²) in [4.78, 5) is 42.8. The highest BCUT2D eigenvalue weighted by atomic mass is 32.1. The lowest BCUT2D eigenvalue weighted by molar-refractivity contribution is -0.0503. The first-order chi connectivity index (χ1) is 19.2. The van der Waals surface area contributed by atoms with Crippen molar-refractivity contribution in [3.05, 3.63) is 11.0 Å². The van der Waals surface area contributed by atoms with E-state index in [9.17, 15) is 33.7 Å². The van der Waals surface area contributed by atoms with Crippen LogP contribution >= 0.6 is 36.1 Å². The molecular weight excluding hydrogens is 633 g/mol. The second-order valence-electron chi connectivity index (χ2n) is 8.57. The number of anilines is 1. The van der Waals surface area contributed by atoms with Crippen molar-refractivity contribution in [1.82, 2.24) is 19.5 Å². The van der Waals surface area contributed by atoms with E-state index in [-0.39, 0.29) is 21.8 Å².